The maximum Gasteiger partial charge on any atom is 0.0841 e. The van der Waals surface area contributed by atoms with E-state index < -0.39 is 0 Å². The van der Waals surface area contributed by atoms with Crippen molar-refractivity contribution < 1.29 is 0 Å². The van der Waals surface area contributed by atoms with Gasteiger partial charge >= 0.3 is 0 Å². The summed E-state index contributed by atoms with van der Waals surface area (Å²) >= 11 is 0. The van der Waals surface area contributed by atoms with E-state index in [2.05, 4.69) is 51.4 Å². The molecule has 0 unspecified atom stereocenters. The maximum atomic E-state index is 4.68. The van der Waals surface area contributed by atoms with Crippen molar-refractivity contribution in [3.63, 3.8) is 0 Å². The molecule has 0 aliphatic heterocycles. The molecule has 20 heavy (non-hydrogen) atoms. The molecule has 5 nitrogen and oxygen atoms in total. The van der Waals surface area contributed by atoms with Crippen LogP contribution in [0.4, 0.5) is 0 Å². The summed E-state index contributed by atoms with van der Waals surface area (Å²) in [7, 11) is 1.96. The fraction of sp³-hybridized carbons (Fsp3) is 0.333. The quantitative estimate of drug-likeness (QED) is 0.771. The Morgan fingerprint density at radius 1 is 1.15 bits per heavy atom. The number of aryl methyl sites for hydroxylation is 2. The average Bonchev–Trinajstić information content (AvgIpc) is 3.04. The summed E-state index contributed by atoms with van der Waals surface area (Å²) in [4.78, 5) is 0. The predicted octanol–water partition coefficient (Wildman–Crippen LogP) is 2.08. The van der Waals surface area contributed by atoms with E-state index in [4.69, 9.17) is 0 Å². The van der Waals surface area contributed by atoms with Gasteiger partial charge in [0, 0.05) is 38.3 Å². The lowest BCUT2D eigenvalue weighted by atomic mass is 10.2. The van der Waals surface area contributed by atoms with E-state index in [0.29, 0.717) is 0 Å². The molecule has 0 atom stereocenters. The summed E-state index contributed by atoms with van der Waals surface area (Å²) in [6.45, 7) is 4.57. The van der Waals surface area contributed by atoms with Crippen molar-refractivity contribution in [3.8, 4) is 0 Å². The monoisotopic (exact) mass is 269 g/mol. The van der Waals surface area contributed by atoms with Gasteiger partial charge in [0.15, 0.2) is 0 Å². The van der Waals surface area contributed by atoms with Crippen molar-refractivity contribution in [2.75, 3.05) is 0 Å². The minimum absolute atomic E-state index is 0.763. The standard InChI is InChI=1S/C15H19N5/c1-3-20-15-7-5-4-6-13(15)14(18-20)11-16-10-12-8-9-17-19(12)2/h4-9,16H,3,10-11H2,1-2H3. The molecule has 104 valence electrons. The highest BCUT2D eigenvalue weighted by molar-refractivity contribution is 5.81. The van der Waals surface area contributed by atoms with Crippen LogP contribution < -0.4 is 5.32 Å². The normalized spacial score (nSPS) is 11.3. The molecule has 1 N–H and O–H groups in total. The van der Waals surface area contributed by atoms with Crippen molar-refractivity contribution in [1.82, 2.24) is 24.9 Å². The van der Waals surface area contributed by atoms with E-state index in [1.54, 1.807) is 0 Å². The average molecular weight is 269 g/mol. The second-order valence-electron chi connectivity index (χ2n) is 4.83. The van der Waals surface area contributed by atoms with Gasteiger partial charge in [0.05, 0.1) is 16.9 Å². The van der Waals surface area contributed by atoms with Gasteiger partial charge in [-0.2, -0.15) is 10.2 Å². The SMILES string of the molecule is CCn1nc(CNCc2ccnn2C)c2ccccc21. The Hall–Kier alpha value is -2.14. The number of benzene rings is 1. The molecule has 0 spiro atoms. The third kappa shape index (κ3) is 2.32. The molecule has 3 aromatic rings. The lowest BCUT2D eigenvalue weighted by Gasteiger charge is -2.03. The highest BCUT2D eigenvalue weighted by Gasteiger charge is 2.08. The molecule has 0 aliphatic rings. The molecule has 0 saturated carbocycles. The summed E-state index contributed by atoms with van der Waals surface area (Å²) in [6, 6.07) is 10.4. The number of aromatic nitrogens is 4. The molecule has 0 bridgehead atoms. The molecular formula is C15H19N5. The lowest BCUT2D eigenvalue weighted by Crippen LogP contribution is -2.16. The van der Waals surface area contributed by atoms with Crippen LogP contribution in [-0.4, -0.2) is 19.6 Å². The molecule has 1 aromatic carbocycles. The molecule has 0 aliphatic carbocycles. The second kappa shape index (κ2) is 5.46. The number of hydrogen-bond donors (Lipinski definition) is 1. The van der Waals surface area contributed by atoms with E-state index >= 15 is 0 Å². The highest BCUT2D eigenvalue weighted by Crippen LogP contribution is 2.18. The van der Waals surface area contributed by atoms with Crippen molar-refractivity contribution in [3.05, 3.63) is 47.9 Å². The van der Waals surface area contributed by atoms with Crippen LogP contribution in [-0.2, 0) is 26.7 Å². The van der Waals surface area contributed by atoms with Crippen LogP contribution in [0.2, 0.25) is 0 Å². The number of para-hydroxylation sites is 1. The van der Waals surface area contributed by atoms with Crippen LogP contribution in [0.15, 0.2) is 36.5 Å². The summed E-state index contributed by atoms with van der Waals surface area (Å²) in [5, 5.41) is 13.5. The summed E-state index contributed by atoms with van der Waals surface area (Å²) in [5.74, 6) is 0. The van der Waals surface area contributed by atoms with Crippen LogP contribution >= 0.6 is 0 Å². The first kappa shape index (κ1) is 12.9. The Bertz CT molecular complexity index is 710. The van der Waals surface area contributed by atoms with E-state index in [0.717, 1.165) is 25.3 Å². The Morgan fingerprint density at radius 3 is 2.75 bits per heavy atom. The van der Waals surface area contributed by atoms with Crippen LogP contribution in [0, 0.1) is 0 Å². The van der Waals surface area contributed by atoms with E-state index in [9.17, 15) is 0 Å². The molecule has 2 heterocycles. The molecule has 5 heteroatoms. The molecule has 0 radical (unpaired) electrons. The zero-order chi connectivity index (χ0) is 13.9. The van der Waals surface area contributed by atoms with Crippen LogP contribution in [0.5, 0.6) is 0 Å². The Balaban J connectivity index is 1.76. The predicted molar refractivity (Wildman–Crippen MR) is 79.2 cm³/mol. The van der Waals surface area contributed by atoms with Crippen molar-refractivity contribution in [1.29, 1.82) is 0 Å². The van der Waals surface area contributed by atoms with Crippen molar-refractivity contribution in [2.24, 2.45) is 7.05 Å². The lowest BCUT2D eigenvalue weighted by molar-refractivity contribution is 0.604. The minimum Gasteiger partial charge on any atom is -0.305 e. The molecule has 0 saturated heterocycles. The first-order chi connectivity index (χ1) is 9.79. The van der Waals surface area contributed by atoms with Crippen molar-refractivity contribution >= 4 is 10.9 Å². The topological polar surface area (TPSA) is 47.7 Å². The maximum absolute atomic E-state index is 4.68. The van der Waals surface area contributed by atoms with E-state index in [-0.39, 0.29) is 0 Å². The minimum atomic E-state index is 0.763. The van der Waals surface area contributed by atoms with E-state index in [1.807, 2.05) is 24.0 Å². The first-order valence-corrected chi connectivity index (χ1v) is 6.91. The zero-order valence-electron chi connectivity index (χ0n) is 11.9. The Labute approximate surface area is 118 Å². The van der Waals surface area contributed by atoms with Gasteiger partial charge in [0.25, 0.3) is 0 Å². The van der Waals surface area contributed by atoms with Gasteiger partial charge in [-0.1, -0.05) is 18.2 Å². The first-order valence-electron chi connectivity index (χ1n) is 6.91. The fourth-order valence-corrected chi connectivity index (χ4v) is 2.45. The smallest absolute Gasteiger partial charge is 0.0841 e. The number of nitrogens with one attached hydrogen (secondary N) is 1. The van der Waals surface area contributed by atoms with Gasteiger partial charge in [-0.05, 0) is 19.1 Å². The summed E-state index contributed by atoms with van der Waals surface area (Å²) < 4.78 is 3.94. The van der Waals surface area contributed by atoms with Crippen LogP contribution in [0.25, 0.3) is 10.9 Å². The van der Waals surface area contributed by atoms with Gasteiger partial charge in [-0.25, -0.2) is 0 Å². The Kier molecular flexibility index (Phi) is 3.52. The zero-order valence-corrected chi connectivity index (χ0v) is 11.9. The number of nitrogens with zero attached hydrogens (tertiary/aromatic N) is 4. The molecule has 0 fully saturated rings. The van der Waals surface area contributed by atoms with Gasteiger partial charge in [-0.15, -0.1) is 0 Å². The van der Waals surface area contributed by atoms with Gasteiger partial charge < -0.3 is 5.32 Å². The van der Waals surface area contributed by atoms with Gasteiger partial charge in [-0.3, -0.25) is 9.36 Å². The van der Waals surface area contributed by atoms with Crippen molar-refractivity contribution in [2.45, 2.75) is 26.6 Å². The molecule has 3 rings (SSSR count). The molecular weight excluding hydrogens is 250 g/mol. The van der Waals surface area contributed by atoms with E-state index in [1.165, 1.54) is 16.6 Å². The highest BCUT2D eigenvalue weighted by atomic mass is 15.3. The number of rotatable bonds is 5. The van der Waals surface area contributed by atoms with Crippen LogP contribution in [0.1, 0.15) is 18.3 Å². The summed E-state index contributed by atoms with van der Waals surface area (Å²) in [5.41, 5.74) is 3.47. The summed E-state index contributed by atoms with van der Waals surface area (Å²) in [6.07, 6.45) is 1.82. The Morgan fingerprint density at radius 2 is 2.00 bits per heavy atom. The van der Waals surface area contributed by atoms with Gasteiger partial charge in [0.2, 0.25) is 0 Å². The largest absolute Gasteiger partial charge is 0.305 e. The third-order valence-electron chi connectivity index (χ3n) is 3.56. The van der Waals surface area contributed by atoms with Crippen LogP contribution in [0.3, 0.4) is 0 Å². The van der Waals surface area contributed by atoms with Gasteiger partial charge in [0.1, 0.15) is 0 Å². The number of hydrogen-bond acceptors (Lipinski definition) is 3. The third-order valence-corrected chi connectivity index (χ3v) is 3.56. The second-order valence-corrected chi connectivity index (χ2v) is 4.83. The fourth-order valence-electron chi connectivity index (χ4n) is 2.45. The number of fused-ring (bicyclic) bond motifs is 1. The molecule has 0 amide bonds. The molecule has 2 aromatic heterocycles.